The lowest BCUT2D eigenvalue weighted by Gasteiger charge is -2.34. The van der Waals surface area contributed by atoms with Crippen LogP contribution in [-0.2, 0) is 0 Å². The van der Waals surface area contributed by atoms with Crippen LogP contribution in [0.15, 0.2) is 23.5 Å². The van der Waals surface area contributed by atoms with Gasteiger partial charge in [0.1, 0.15) is 5.69 Å². The number of amides is 1. The number of carbonyl (C=O) groups is 1. The predicted octanol–water partition coefficient (Wildman–Crippen LogP) is 0.239. The first-order valence-electron chi connectivity index (χ1n) is 6.19. The SMILES string of the molecule is NC(CN1CCN(C(=O)c2ccc(Cl)cn2)CC1)=NO. The van der Waals surface area contributed by atoms with Crippen molar-refractivity contribution in [3.8, 4) is 0 Å². The van der Waals surface area contributed by atoms with E-state index < -0.39 is 0 Å². The number of oxime groups is 1. The summed E-state index contributed by atoms with van der Waals surface area (Å²) in [5.74, 6) is 0.0641. The molecule has 0 atom stereocenters. The van der Waals surface area contributed by atoms with Crippen LogP contribution >= 0.6 is 11.6 Å². The van der Waals surface area contributed by atoms with Gasteiger partial charge >= 0.3 is 0 Å². The second-order valence-corrected chi connectivity index (χ2v) is 4.96. The number of rotatable bonds is 3. The maximum atomic E-state index is 12.2. The Hall–Kier alpha value is -1.86. The van der Waals surface area contributed by atoms with Crippen LogP contribution in [0.1, 0.15) is 10.5 Å². The van der Waals surface area contributed by atoms with Gasteiger partial charge in [-0.05, 0) is 12.1 Å². The van der Waals surface area contributed by atoms with E-state index >= 15 is 0 Å². The molecule has 20 heavy (non-hydrogen) atoms. The minimum atomic E-state index is -0.106. The van der Waals surface area contributed by atoms with E-state index in [1.54, 1.807) is 17.0 Å². The number of amidine groups is 1. The molecular weight excluding hydrogens is 282 g/mol. The van der Waals surface area contributed by atoms with Gasteiger partial charge in [-0.25, -0.2) is 4.98 Å². The molecule has 1 aliphatic rings. The standard InChI is InChI=1S/C12H16ClN5O2/c13-9-1-2-10(15-7-9)12(19)18-5-3-17(4-6-18)8-11(14)16-20/h1-2,7,20H,3-6,8H2,(H2,14,16). The molecule has 7 nitrogen and oxygen atoms in total. The quantitative estimate of drug-likeness (QED) is 0.361. The van der Waals surface area contributed by atoms with Gasteiger partial charge in [0.05, 0.1) is 11.6 Å². The summed E-state index contributed by atoms with van der Waals surface area (Å²) < 4.78 is 0. The normalized spacial score (nSPS) is 17.2. The van der Waals surface area contributed by atoms with Crippen molar-refractivity contribution in [3.05, 3.63) is 29.0 Å². The Balaban J connectivity index is 1.90. The van der Waals surface area contributed by atoms with Crippen molar-refractivity contribution in [2.75, 3.05) is 32.7 Å². The summed E-state index contributed by atoms with van der Waals surface area (Å²) in [6, 6.07) is 3.27. The Kier molecular flexibility index (Phi) is 4.75. The zero-order chi connectivity index (χ0) is 14.5. The van der Waals surface area contributed by atoms with Crippen LogP contribution in [0.25, 0.3) is 0 Å². The molecule has 0 unspecified atom stereocenters. The lowest BCUT2D eigenvalue weighted by Crippen LogP contribution is -2.50. The van der Waals surface area contributed by atoms with Crippen molar-refractivity contribution in [2.45, 2.75) is 0 Å². The van der Waals surface area contributed by atoms with Gasteiger partial charge in [0.2, 0.25) is 0 Å². The number of hydrogen-bond donors (Lipinski definition) is 2. The maximum absolute atomic E-state index is 12.2. The van der Waals surface area contributed by atoms with E-state index in [2.05, 4.69) is 10.1 Å². The Morgan fingerprint density at radius 1 is 1.40 bits per heavy atom. The smallest absolute Gasteiger partial charge is 0.272 e. The van der Waals surface area contributed by atoms with Gasteiger partial charge in [-0.3, -0.25) is 9.69 Å². The first kappa shape index (κ1) is 14.5. The average Bonchev–Trinajstić information content (AvgIpc) is 2.48. The second kappa shape index (κ2) is 6.53. The van der Waals surface area contributed by atoms with Gasteiger partial charge < -0.3 is 15.8 Å². The van der Waals surface area contributed by atoms with Crippen molar-refractivity contribution in [2.24, 2.45) is 10.9 Å². The van der Waals surface area contributed by atoms with Crippen molar-refractivity contribution < 1.29 is 10.0 Å². The maximum Gasteiger partial charge on any atom is 0.272 e. The van der Waals surface area contributed by atoms with Gasteiger partial charge in [0, 0.05) is 32.4 Å². The summed E-state index contributed by atoms with van der Waals surface area (Å²) in [5.41, 5.74) is 5.85. The van der Waals surface area contributed by atoms with Crippen LogP contribution in [0.4, 0.5) is 0 Å². The van der Waals surface area contributed by atoms with Gasteiger partial charge in [-0.2, -0.15) is 0 Å². The highest BCUT2D eigenvalue weighted by molar-refractivity contribution is 6.30. The molecule has 0 aromatic carbocycles. The third kappa shape index (κ3) is 3.58. The van der Waals surface area contributed by atoms with Gasteiger partial charge in [0.25, 0.3) is 5.91 Å². The number of piperazine rings is 1. The first-order valence-corrected chi connectivity index (χ1v) is 6.57. The molecule has 2 heterocycles. The predicted molar refractivity (Wildman–Crippen MR) is 75.0 cm³/mol. The van der Waals surface area contributed by atoms with Crippen LogP contribution in [0.5, 0.6) is 0 Å². The topological polar surface area (TPSA) is 95.0 Å². The molecule has 3 N–H and O–H groups in total. The molecule has 8 heteroatoms. The van der Waals surface area contributed by atoms with Crippen LogP contribution in [0.2, 0.25) is 5.02 Å². The second-order valence-electron chi connectivity index (χ2n) is 4.52. The fourth-order valence-corrected chi connectivity index (χ4v) is 2.15. The first-order chi connectivity index (χ1) is 9.60. The van der Waals surface area contributed by atoms with E-state index in [0.29, 0.717) is 43.4 Å². The monoisotopic (exact) mass is 297 g/mol. The van der Waals surface area contributed by atoms with E-state index in [4.69, 9.17) is 22.5 Å². The van der Waals surface area contributed by atoms with Crippen molar-refractivity contribution in [1.82, 2.24) is 14.8 Å². The molecule has 1 aromatic heterocycles. The summed E-state index contributed by atoms with van der Waals surface area (Å²) in [6.07, 6.45) is 1.46. The van der Waals surface area contributed by atoms with Crippen LogP contribution in [-0.4, -0.2) is 64.5 Å². The third-order valence-electron chi connectivity index (χ3n) is 3.12. The van der Waals surface area contributed by atoms with E-state index in [9.17, 15) is 4.79 Å². The number of pyridine rings is 1. The molecule has 0 spiro atoms. The van der Waals surface area contributed by atoms with Crippen molar-refractivity contribution >= 4 is 23.3 Å². The fraction of sp³-hybridized carbons (Fsp3) is 0.417. The summed E-state index contributed by atoms with van der Waals surface area (Å²) in [6.45, 7) is 2.92. The lowest BCUT2D eigenvalue weighted by molar-refractivity contribution is 0.0647. The lowest BCUT2D eigenvalue weighted by atomic mass is 10.2. The van der Waals surface area contributed by atoms with E-state index in [-0.39, 0.29) is 11.7 Å². The number of hydrogen-bond acceptors (Lipinski definition) is 5. The van der Waals surface area contributed by atoms with Gasteiger partial charge in [0.15, 0.2) is 5.84 Å². The Labute approximate surface area is 121 Å². The Morgan fingerprint density at radius 2 is 2.10 bits per heavy atom. The molecule has 0 radical (unpaired) electrons. The molecule has 0 aliphatic carbocycles. The van der Waals surface area contributed by atoms with E-state index in [1.807, 2.05) is 4.90 Å². The van der Waals surface area contributed by atoms with E-state index in [0.717, 1.165) is 0 Å². The van der Waals surface area contributed by atoms with Crippen LogP contribution in [0, 0.1) is 0 Å². The van der Waals surface area contributed by atoms with Crippen LogP contribution < -0.4 is 5.73 Å². The molecule has 2 rings (SSSR count). The van der Waals surface area contributed by atoms with E-state index in [1.165, 1.54) is 6.20 Å². The zero-order valence-electron chi connectivity index (χ0n) is 10.9. The molecule has 108 valence electrons. The molecule has 1 aromatic rings. The largest absolute Gasteiger partial charge is 0.409 e. The zero-order valence-corrected chi connectivity index (χ0v) is 11.6. The summed E-state index contributed by atoms with van der Waals surface area (Å²) in [4.78, 5) is 20.0. The fourth-order valence-electron chi connectivity index (χ4n) is 2.03. The van der Waals surface area contributed by atoms with Crippen LogP contribution in [0.3, 0.4) is 0 Å². The Morgan fingerprint density at radius 3 is 2.65 bits per heavy atom. The summed E-state index contributed by atoms with van der Waals surface area (Å²) in [7, 11) is 0. The van der Waals surface area contributed by atoms with Crippen molar-refractivity contribution in [1.29, 1.82) is 0 Å². The molecule has 1 saturated heterocycles. The number of carbonyl (C=O) groups excluding carboxylic acids is 1. The molecule has 1 fully saturated rings. The van der Waals surface area contributed by atoms with Crippen molar-refractivity contribution in [3.63, 3.8) is 0 Å². The third-order valence-corrected chi connectivity index (χ3v) is 3.34. The molecular formula is C12H16ClN5O2. The molecule has 0 saturated carbocycles. The van der Waals surface area contributed by atoms with Gasteiger partial charge in [-0.1, -0.05) is 16.8 Å². The minimum Gasteiger partial charge on any atom is -0.409 e. The number of halogens is 1. The highest BCUT2D eigenvalue weighted by atomic mass is 35.5. The highest BCUT2D eigenvalue weighted by Crippen LogP contribution is 2.10. The summed E-state index contributed by atoms with van der Waals surface area (Å²) >= 11 is 5.75. The molecule has 1 aliphatic heterocycles. The number of nitrogens with two attached hydrogens (primary N) is 1. The molecule has 0 bridgehead atoms. The van der Waals surface area contributed by atoms with Gasteiger partial charge in [-0.15, -0.1) is 0 Å². The highest BCUT2D eigenvalue weighted by Gasteiger charge is 2.23. The average molecular weight is 298 g/mol. The number of nitrogens with zero attached hydrogens (tertiary/aromatic N) is 4. The minimum absolute atomic E-state index is 0.106. The summed E-state index contributed by atoms with van der Waals surface area (Å²) in [5, 5.41) is 12.0. The molecule has 1 amide bonds. The Bertz CT molecular complexity index is 497. The number of aromatic nitrogens is 1.